The Bertz CT molecular complexity index is 377. The zero-order valence-electron chi connectivity index (χ0n) is 12.3. The molecule has 1 aliphatic heterocycles. The average molecular weight is 266 g/mol. The van der Waals surface area contributed by atoms with Crippen LogP contribution in [0.4, 0.5) is 0 Å². The lowest BCUT2D eigenvalue weighted by molar-refractivity contribution is -0.0454. The Morgan fingerprint density at radius 2 is 2.42 bits per heavy atom. The monoisotopic (exact) mass is 266 g/mol. The van der Waals surface area contributed by atoms with E-state index in [1.807, 2.05) is 26.5 Å². The molecule has 2 rings (SSSR count). The fourth-order valence-corrected chi connectivity index (χ4v) is 2.70. The Morgan fingerprint density at radius 1 is 1.58 bits per heavy atom. The summed E-state index contributed by atoms with van der Waals surface area (Å²) in [5.41, 5.74) is 0. The maximum atomic E-state index is 5.95. The topological polar surface area (TPSA) is 42.3 Å². The van der Waals surface area contributed by atoms with Crippen molar-refractivity contribution < 1.29 is 4.74 Å². The Balaban J connectivity index is 1.95. The van der Waals surface area contributed by atoms with Crippen LogP contribution >= 0.6 is 0 Å². The van der Waals surface area contributed by atoms with E-state index in [2.05, 4.69) is 26.7 Å². The quantitative estimate of drug-likeness (QED) is 0.821. The minimum Gasteiger partial charge on any atom is -0.374 e. The van der Waals surface area contributed by atoms with Crippen LogP contribution in [0.3, 0.4) is 0 Å². The second kappa shape index (κ2) is 7.03. The molecule has 0 saturated carbocycles. The molecule has 2 unspecified atom stereocenters. The molecule has 5 heteroatoms. The molecule has 0 aliphatic carbocycles. The number of ether oxygens (including phenoxy) is 1. The minimum absolute atomic E-state index is 0.252. The number of hydrogen-bond acceptors (Lipinski definition) is 4. The predicted molar refractivity (Wildman–Crippen MR) is 76.2 cm³/mol. The van der Waals surface area contributed by atoms with Crippen LogP contribution in [0, 0.1) is 0 Å². The van der Waals surface area contributed by atoms with Gasteiger partial charge in [0, 0.05) is 45.0 Å². The molecule has 2 atom stereocenters. The highest BCUT2D eigenvalue weighted by Crippen LogP contribution is 2.12. The van der Waals surface area contributed by atoms with Crippen LogP contribution in [0.5, 0.6) is 0 Å². The number of imidazole rings is 1. The van der Waals surface area contributed by atoms with Crippen molar-refractivity contribution in [2.45, 2.75) is 31.9 Å². The molecular formula is C14H26N4O. The SMILES string of the molecule is CCCN1CCOC(C(Cc2nccn2C)NC)C1. The van der Waals surface area contributed by atoms with Crippen LogP contribution in [0.15, 0.2) is 12.4 Å². The van der Waals surface area contributed by atoms with E-state index < -0.39 is 0 Å². The van der Waals surface area contributed by atoms with Crippen LogP contribution in [-0.4, -0.2) is 59.9 Å². The summed E-state index contributed by atoms with van der Waals surface area (Å²) in [5.74, 6) is 1.11. The molecular weight excluding hydrogens is 240 g/mol. The van der Waals surface area contributed by atoms with Gasteiger partial charge in [0.25, 0.3) is 0 Å². The summed E-state index contributed by atoms with van der Waals surface area (Å²) in [6.45, 7) is 6.31. The third-order valence-electron chi connectivity index (χ3n) is 3.86. The molecule has 2 heterocycles. The Labute approximate surface area is 116 Å². The number of aryl methyl sites for hydroxylation is 1. The Hall–Kier alpha value is -0.910. The van der Waals surface area contributed by atoms with E-state index in [4.69, 9.17) is 4.74 Å². The van der Waals surface area contributed by atoms with E-state index in [1.165, 1.54) is 13.0 Å². The first kappa shape index (κ1) is 14.5. The van der Waals surface area contributed by atoms with E-state index in [1.54, 1.807) is 0 Å². The molecule has 108 valence electrons. The molecule has 0 amide bonds. The first-order chi connectivity index (χ1) is 9.24. The lowest BCUT2D eigenvalue weighted by Crippen LogP contribution is -2.52. The molecule has 1 saturated heterocycles. The number of likely N-dealkylation sites (N-methyl/N-ethyl adjacent to an activating group) is 1. The van der Waals surface area contributed by atoms with E-state index >= 15 is 0 Å². The third kappa shape index (κ3) is 3.78. The van der Waals surface area contributed by atoms with Crippen molar-refractivity contribution in [2.24, 2.45) is 7.05 Å². The number of nitrogens with zero attached hydrogens (tertiary/aromatic N) is 3. The van der Waals surface area contributed by atoms with Gasteiger partial charge in [0.2, 0.25) is 0 Å². The van der Waals surface area contributed by atoms with Crippen LogP contribution in [0.25, 0.3) is 0 Å². The highest BCUT2D eigenvalue weighted by atomic mass is 16.5. The lowest BCUT2D eigenvalue weighted by atomic mass is 10.1. The smallest absolute Gasteiger partial charge is 0.110 e. The van der Waals surface area contributed by atoms with Crippen molar-refractivity contribution in [3.63, 3.8) is 0 Å². The first-order valence-electron chi connectivity index (χ1n) is 7.22. The highest BCUT2D eigenvalue weighted by Gasteiger charge is 2.27. The van der Waals surface area contributed by atoms with E-state index in [-0.39, 0.29) is 6.10 Å². The van der Waals surface area contributed by atoms with Gasteiger partial charge < -0.3 is 14.6 Å². The molecule has 1 aromatic rings. The van der Waals surface area contributed by atoms with Gasteiger partial charge in [-0.1, -0.05) is 6.92 Å². The van der Waals surface area contributed by atoms with Gasteiger partial charge >= 0.3 is 0 Å². The van der Waals surface area contributed by atoms with Gasteiger partial charge in [0.05, 0.1) is 12.7 Å². The van der Waals surface area contributed by atoms with Crippen LogP contribution < -0.4 is 5.32 Å². The van der Waals surface area contributed by atoms with E-state index in [0.29, 0.717) is 6.04 Å². The summed E-state index contributed by atoms with van der Waals surface area (Å²) in [7, 11) is 4.05. The van der Waals surface area contributed by atoms with Gasteiger partial charge in [-0.25, -0.2) is 4.98 Å². The lowest BCUT2D eigenvalue weighted by Gasteiger charge is -2.36. The summed E-state index contributed by atoms with van der Waals surface area (Å²) in [6, 6.07) is 0.320. The fraction of sp³-hybridized carbons (Fsp3) is 0.786. The summed E-state index contributed by atoms with van der Waals surface area (Å²) < 4.78 is 8.04. The summed E-state index contributed by atoms with van der Waals surface area (Å²) in [6.07, 6.45) is 6.21. The molecule has 1 aromatic heterocycles. The predicted octanol–water partition coefficient (Wildman–Crippen LogP) is 0.661. The number of morpholine rings is 1. The van der Waals surface area contributed by atoms with E-state index in [0.717, 1.165) is 31.9 Å². The standard InChI is InChI=1S/C14H26N4O/c1-4-6-18-8-9-19-13(11-18)12(15-2)10-14-16-5-7-17(14)3/h5,7,12-13,15H,4,6,8-11H2,1-3H3. The molecule has 1 aliphatic rings. The first-order valence-corrected chi connectivity index (χ1v) is 7.22. The average Bonchev–Trinajstić information content (AvgIpc) is 2.82. The molecule has 0 bridgehead atoms. The van der Waals surface area contributed by atoms with Crippen LogP contribution in [-0.2, 0) is 18.2 Å². The molecule has 1 N–H and O–H groups in total. The molecule has 19 heavy (non-hydrogen) atoms. The normalized spacial score (nSPS) is 22.6. The molecule has 5 nitrogen and oxygen atoms in total. The number of hydrogen-bond donors (Lipinski definition) is 1. The summed E-state index contributed by atoms with van der Waals surface area (Å²) in [5, 5.41) is 3.39. The van der Waals surface area contributed by atoms with Crippen molar-refractivity contribution in [2.75, 3.05) is 33.3 Å². The zero-order valence-corrected chi connectivity index (χ0v) is 12.3. The Kier molecular flexibility index (Phi) is 5.36. The number of nitrogens with one attached hydrogen (secondary N) is 1. The maximum Gasteiger partial charge on any atom is 0.110 e. The number of rotatable bonds is 6. The van der Waals surface area contributed by atoms with Crippen molar-refractivity contribution in [1.29, 1.82) is 0 Å². The van der Waals surface area contributed by atoms with Gasteiger partial charge in [-0.3, -0.25) is 4.90 Å². The molecule has 1 fully saturated rings. The van der Waals surface area contributed by atoms with Crippen LogP contribution in [0.1, 0.15) is 19.2 Å². The van der Waals surface area contributed by atoms with Gasteiger partial charge in [0.1, 0.15) is 5.82 Å². The van der Waals surface area contributed by atoms with Crippen molar-refractivity contribution in [3.05, 3.63) is 18.2 Å². The van der Waals surface area contributed by atoms with Gasteiger partial charge in [-0.15, -0.1) is 0 Å². The molecule has 0 radical (unpaired) electrons. The summed E-state index contributed by atoms with van der Waals surface area (Å²) in [4.78, 5) is 6.90. The van der Waals surface area contributed by atoms with Gasteiger partial charge in [-0.2, -0.15) is 0 Å². The van der Waals surface area contributed by atoms with Gasteiger partial charge in [-0.05, 0) is 20.0 Å². The molecule has 0 aromatic carbocycles. The third-order valence-corrected chi connectivity index (χ3v) is 3.86. The van der Waals surface area contributed by atoms with E-state index in [9.17, 15) is 0 Å². The maximum absolute atomic E-state index is 5.95. The molecule has 0 spiro atoms. The summed E-state index contributed by atoms with van der Waals surface area (Å²) >= 11 is 0. The number of aromatic nitrogens is 2. The van der Waals surface area contributed by atoms with Crippen LogP contribution in [0.2, 0.25) is 0 Å². The fourth-order valence-electron chi connectivity index (χ4n) is 2.70. The van der Waals surface area contributed by atoms with Crippen molar-refractivity contribution in [1.82, 2.24) is 19.8 Å². The second-order valence-electron chi connectivity index (χ2n) is 5.26. The second-order valence-corrected chi connectivity index (χ2v) is 5.26. The van der Waals surface area contributed by atoms with Gasteiger partial charge in [0.15, 0.2) is 0 Å². The zero-order chi connectivity index (χ0) is 13.7. The van der Waals surface area contributed by atoms with Crippen molar-refractivity contribution >= 4 is 0 Å². The highest BCUT2D eigenvalue weighted by molar-refractivity contribution is 4.97. The minimum atomic E-state index is 0.252. The largest absolute Gasteiger partial charge is 0.374 e. The Morgan fingerprint density at radius 3 is 3.05 bits per heavy atom. The van der Waals surface area contributed by atoms with Crippen molar-refractivity contribution in [3.8, 4) is 0 Å².